The van der Waals surface area contributed by atoms with Gasteiger partial charge in [-0.3, -0.25) is 0 Å². The summed E-state index contributed by atoms with van der Waals surface area (Å²) in [6.07, 6.45) is 2.95. The van der Waals surface area contributed by atoms with Crippen LogP contribution >= 0.6 is 11.3 Å². The summed E-state index contributed by atoms with van der Waals surface area (Å²) in [6, 6.07) is 0. The minimum Gasteiger partial charge on any atom is -0.411 e. The summed E-state index contributed by atoms with van der Waals surface area (Å²) < 4.78 is 0. The Hall–Kier alpha value is -0.900. The van der Waals surface area contributed by atoms with Crippen LogP contribution in [0.1, 0.15) is 5.01 Å². The average molecular weight is 128 g/mol. The predicted molar refractivity (Wildman–Crippen MR) is 31.5 cm³/mol. The second kappa shape index (κ2) is 2.42. The lowest BCUT2D eigenvalue weighted by Crippen LogP contribution is -1.73. The highest BCUT2D eigenvalue weighted by atomic mass is 32.1. The summed E-state index contributed by atoms with van der Waals surface area (Å²) in [6.45, 7) is 0. The summed E-state index contributed by atoms with van der Waals surface area (Å²) >= 11 is 1.43. The van der Waals surface area contributed by atoms with Crippen molar-refractivity contribution in [3.05, 3.63) is 16.6 Å². The minimum absolute atomic E-state index is 0.715. The van der Waals surface area contributed by atoms with E-state index in [4.69, 9.17) is 5.21 Å². The maximum Gasteiger partial charge on any atom is 0.137 e. The molecule has 0 aromatic carbocycles. The minimum atomic E-state index is 0.715. The molecule has 0 fully saturated rings. The van der Waals surface area contributed by atoms with Gasteiger partial charge in [0.25, 0.3) is 0 Å². The summed E-state index contributed by atoms with van der Waals surface area (Å²) in [7, 11) is 0. The van der Waals surface area contributed by atoms with Gasteiger partial charge in [0.15, 0.2) is 0 Å². The summed E-state index contributed by atoms with van der Waals surface area (Å²) in [5.74, 6) is 0. The number of hydrogen-bond donors (Lipinski definition) is 1. The fourth-order valence-electron chi connectivity index (χ4n) is 0.348. The fourth-order valence-corrected chi connectivity index (χ4v) is 0.838. The molecule has 0 bridgehead atoms. The maximum absolute atomic E-state index is 7.97. The van der Waals surface area contributed by atoms with Crippen LogP contribution in [0.2, 0.25) is 0 Å². The number of rotatable bonds is 1. The van der Waals surface area contributed by atoms with Crippen LogP contribution in [0.4, 0.5) is 0 Å². The Labute approximate surface area is 50.3 Å². The Balaban J connectivity index is 2.77. The van der Waals surface area contributed by atoms with E-state index in [0.29, 0.717) is 5.01 Å². The molecule has 1 heterocycles. The third-order valence-electron chi connectivity index (χ3n) is 0.620. The molecule has 0 aliphatic carbocycles. The van der Waals surface area contributed by atoms with Crippen molar-refractivity contribution < 1.29 is 5.21 Å². The summed E-state index contributed by atoms with van der Waals surface area (Å²) in [5, 5.41) is 13.3. The molecule has 1 N–H and O–H groups in total. The summed E-state index contributed by atoms with van der Waals surface area (Å²) in [5.41, 5.74) is 0. The van der Waals surface area contributed by atoms with E-state index in [1.807, 2.05) is 5.38 Å². The van der Waals surface area contributed by atoms with Crippen LogP contribution in [0.15, 0.2) is 16.7 Å². The van der Waals surface area contributed by atoms with Crippen molar-refractivity contribution >= 4 is 17.6 Å². The zero-order chi connectivity index (χ0) is 5.82. The maximum atomic E-state index is 7.97. The van der Waals surface area contributed by atoms with Crippen molar-refractivity contribution in [2.24, 2.45) is 5.16 Å². The van der Waals surface area contributed by atoms with Crippen LogP contribution in [0, 0.1) is 0 Å². The molecule has 1 rings (SSSR count). The van der Waals surface area contributed by atoms with E-state index in [2.05, 4.69) is 10.1 Å². The molecule has 42 valence electrons. The molecule has 0 amide bonds. The number of hydrogen-bond acceptors (Lipinski definition) is 4. The molecule has 0 radical (unpaired) electrons. The Morgan fingerprint density at radius 1 is 1.88 bits per heavy atom. The molecular weight excluding hydrogens is 124 g/mol. The van der Waals surface area contributed by atoms with Gasteiger partial charge in [-0.1, -0.05) is 5.16 Å². The van der Waals surface area contributed by atoms with Crippen molar-refractivity contribution in [2.75, 3.05) is 0 Å². The molecule has 8 heavy (non-hydrogen) atoms. The van der Waals surface area contributed by atoms with Gasteiger partial charge in [-0.2, -0.15) is 0 Å². The molecule has 4 heteroatoms. The van der Waals surface area contributed by atoms with E-state index in [1.165, 1.54) is 17.6 Å². The van der Waals surface area contributed by atoms with Gasteiger partial charge in [0.2, 0.25) is 0 Å². The highest BCUT2D eigenvalue weighted by molar-refractivity contribution is 7.11. The zero-order valence-corrected chi connectivity index (χ0v) is 4.80. The zero-order valence-electron chi connectivity index (χ0n) is 3.98. The first-order valence-electron chi connectivity index (χ1n) is 2.00. The Kier molecular flexibility index (Phi) is 1.58. The molecule has 1 aromatic rings. The largest absolute Gasteiger partial charge is 0.411 e. The van der Waals surface area contributed by atoms with Gasteiger partial charge >= 0.3 is 0 Å². The smallest absolute Gasteiger partial charge is 0.137 e. The second-order valence-electron chi connectivity index (χ2n) is 1.11. The first-order chi connectivity index (χ1) is 3.93. The lowest BCUT2D eigenvalue weighted by atomic mass is 10.8. The van der Waals surface area contributed by atoms with Crippen LogP contribution in [-0.2, 0) is 0 Å². The van der Waals surface area contributed by atoms with Crippen molar-refractivity contribution in [3.8, 4) is 0 Å². The van der Waals surface area contributed by atoms with E-state index in [0.717, 1.165) is 0 Å². The van der Waals surface area contributed by atoms with Crippen molar-refractivity contribution in [1.82, 2.24) is 4.98 Å². The standard InChI is InChI=1S/C4H4N2OS/c7-6-3-4-5-1-2-8-4/h1-3,7H/b6-3+. The molecule has 0 aliphatic heterocycles. The van der Waals surface area contributed by atoms with Gasteiger partial charge in [0, 0.05) is 11.6 Å². The van der Waals surface area contributed by atoms with Crippen LogP contribution in [0.25, 0.3) is 0 Å². The number of oxime groups is 1. The molecular formula is C4H4N2OS. The van der Waals surface area contributed by atoms with Gasteiger partial charge in [-0.15, -0.1) is 11.3 Å². The Morgan fingerprint density at radius 2 is 2.75 bits per heavy atom. The molecule has 0 saturated carbocycles. The Bertz CT molecular complexity index is 170. The predicted octanol–water partition coefficient (Wildman–Crippen LogP) is 0.951. The third kappa shape index (κ3) is 1.04. The van der Waals surface area contributed by atoms with Gasteiger partial charge in [0.1, 0.15) is 11.2 Å². The molecule has 1 aromatic heterocycles. The number of thiazole rings is 1. The second-order valence-corrected chi connectivity index (χ2v) is 2.04. The highest BCUT2D eigenvalue weighted by Crippen LogP contribution is 1.98. The van der Waals surface area contributed by atoms with E-state index in [1.54, 1.807) is 6.20 Å². The quantitative estimate of drug-likeness (QED) is 0.347. The van der Waals surface area contributed by atoms with Crippen LogP contribution in [0.5, 0.6) is 0 Å². The topological polar surface area (TPSA) is 45.5 Å². The molecule has 3 nitrogen and oxygen atoms in total. The van der Waals surface area contributed by atoms with Crippen LogP contribution in [0.3, 0.4) is 0 Å². The van der Waals surface area contributed by atoms with Crippen LogP contribution in [-0.4, -0.2) is 16.4 Å². The third-order valence-corrected chi connectivity index (χ3v) is 1.33. The number of nitrogens with zero attached hydrogens (tertiary/aromatic N) is 2. The Morgan fingerprint density at radius 3 is 3.25 bits per heavy atom. The van der Waals surface area contributed by atoms with Gasteiger partial charge in [-0.05, 0) is 0 Å². The van der Waals surface area contributed by atoms with Gasteiger partial charge in [0.05, 0.1) is 0 Å². The van der Waals surface area contributed by atoms with Crippen LogP contribution < -0.4 is 0 Å². The van der Waals surface area contributed by atoms with Crippen molar-refractivity contribution in [2.45, 2.75) is 0 Å². The fraction of sp³-hybridized carbons (Fsp3) is 0. The SMILES string of the molecule is O/N=C/c1nccs1. The highest BCUT2D eigenvalue weighted by Gasteiger charge is 1.84. The van der Waals surface area contributed by atoms with Gasteiger partial charge < -0.3 is 5.21 Å². The van der Waals surface area contributed by atoms with Gasteiger partial charge in [-0.25, -0.2) is 4.98 Å². The van der Waals surface area contributed by atoms with E-state index in [-0.39, 0.29) is 0 Å². The molecule has 0 aliphatic rings. The average Bonchev–Trinajstić information content (AvgIpc) is 2.19. The first kappa shape index (κ1) is 5.24. The first-order valence-corrected chi connectivity index (χ1v) is 2.88. The van der Waals surface area contributed by atoms with Crippen molar-refractivity contribution in [1.29, 1.82) is 0 Å². The lowest BCUT2D eigenvalue weighted by Gasteiger charge is -1.72. The molecule has 0 atom stereocenters. The lowest BCUT2D eigenvalue weighted by molar-refractivity contribution is 0.322. The van der Waals surface area contributed by atoms with E-state index >= 15 is 0 Å². The van der Waals surface area contributed by atoms with E-state index < -0.39 is 0 Å². The number of aromatic nitrogens is 1. The molecule has 0 spiro atoms. The summed E-state index contributed by atoms with van der Waals surface area (Å²) in [4.78, 5) is 3.82. The van der Waals surface area contributed by atoms with E-state index in [9.17, 15) is 0 Å². The molecule has 0 unspecified atom stereocenters. The normalized spacial score (nSPS) is 10.5. The monoisotopic (exact) mass is 128 g/mol. The molecule has 0 saturated heterocycles. The van der Waals surface area contributed by atoms with Crippen molar-refractivity contribution in [3.63, 3.8) is 0 Å².